The molecule has 0 heterocycles. The van der Waals surface area contributed by atoms with Crippen molar-refractivity contribution in [2.45, 2.75) is 0 Å². The third kappa shape index (κ3) is 546. The van der Waals surface area contributed by atoms with Gasteiger partial charge in [0.1, 0.15) is 0 Å². The van der Waals surface area contributed by atoms with Gasteiger partial charge >= 0.3 is 0 Å². The molecule has 0 amide bonds. The molecule has 0 N–H and O–H groups in total. The summed E-state index contributed by atoms with van der Waals surface area (Å²) in [6.45, 7) is 0. The standard InChI is InChI=1S/2B.Mn.4O/q;;;4*-2. The molecule has 0 bridgehead atoms. The molecule has 0 aromatic rings. The van der Waals surface area contributed by atoms with Crippen LogP contribution in [0.25, 0.3) is 0 Å². The Morgan fingerprint density at radius 2 is 0.429 bits per heavy atom. The summed E-state index contributed by atoms with van der Waals surface area (Å²) in [5, 5.41) is 0. The number of hydrogen-bond acceptors (Lipinski definition) is 0. The Labute approximate surface area is 56.5 Å². The topological polar surface area (TPSA) is 114 Å². The predicted octanol–water partition coefficient (Wildman–Crippen LogP) is -1.24. The molecule has 4 nitrogen and oxygen atoms in total. The van der Waals surface area contributed by atoms with E-state index in [1.54, 1.807) is 0 Å². The number of rotatable bonds is 0. The van der Waals surface area contributed by atoms with Crippen LogP contribution in [-0.2, 0) is 39.0 Å². The van der Waals surface area contributed by atoms with Crippen molar-refractivity contribution in [2.75, 3.05) is 0 Å². The van der Waals surface area contributed by atoms with Gasteiger partial charge in [0.2, 0.25) is 0 Å². The largest absolute Gasteiger partial charge is 2.00 e. The first-order chi connectivity index (χ1) is 0. The van der Waals surface area contributed by atoms with Gasteiger partial charge in [0, 0.05) is 33.9 Å². The van der Waals surface area contributed by atoms with Gasteiger partial charge in [-0.3, -0.25) is 0 Å². The average Bonchev–Trinajstić information content (AvgIpc) is 0. The van der Waals surface area contributed by atoms with E-state index in [0.29, 0.717) is 0 Å². The summed E-state index contributed by atoms with van der Waals surface area (Å²) >= 11 is 0. The summed E-state index contributed by atoms with van der Waals surface area (Å²) in [7, 11) is 0. The third-order valence-corrected chi connectivity index (χ3v) is 0. The summed E-state index contributed by atoms with van der Waals surface area (Å²) in [4.78, 5) is 0. The molecule has 7 heteroatoms. The molecule has 0 rings (SSSR count). The molecule has 0 saturated carbocycles. The van der Waals surface area contributed by atoms with E-state index in [1.165, 1.54) is 0 Å². The zero-order valence-corrected chi connectivity index (χ0v) is 4.35. The van der Waals surface area contributed by atoms with E-state index < -0.39 is 0 Å². The average molecular weight is 141 g/mol. The van der Waals surface area contributed by atoms with Crippen molar-refractivity contribution in [1.82, 2.24) is 0 Å². The molecule has 0 unspecified atom stereocenters. The minimum atomic E-state index is 0. The maximum atomic E-state index is 0. The normalized spacial score (nSPS) is 0. The molecule has 0 aromatic carbocycles. The quantitative estimate of drug-likeness (QED) is 0.375. The van der Waals surface area contributed by atoms with E-state index in [0.717, 1.165) is 0 Å². The molecule has 45 valence electrons. The van der Waals surface area contributed by atoms with Crippen molar-refractivity contribution >= 4 is 16.8 Å². The minimum absolute atomic E-state index is 0. The second-order valence-electron chi connectivity index (χ2n) is 0. The van der Waals surface area contributed by atoms with Gasteiger partial charge in [-0.05, 0) is 0 Å². The molecule has 0 aromatic heterocycles. The predicted molar refractivity (Wildman–Crippen MR) is 14.3 cm³/mol. The molecule has 7 heavy (non-hydrogen) atoms. The zero-order chi connectivity index (χ0) is 0. The molecule has 0 aliphatic rings. The van der Waals surface area contributed by atoms with E-state index >= 15 is 0 Å². The van der Waals surface area contributed by atoms with Crippen molar-refractivity contribution < 1.29 is 39.0 Å². The summed E-state index contributed by atoms with van der Waals surface area (Å²) in [5.41, 5.74) is 0. The van der Waals surface area contributed by atoms with Crippen LogP contribution in [0.4, 0.5) is 0 Å². The van der Waals surface area contributed by atoms with Crippen LogP contribution in [0.1, 0.15) is 0 Å². The second kappa shape index (κ2) is 817. The Morgan fingerprint density at radius 1 is 0.429 bits per heavy atom. The molecule has 0 spiro atoms. The van der Waals surface area contributed by atoms with E-state index in [-0.39, 0.29) is 55.8 Å². The van der Waals surface area contributed by atoms with E-state index in [2.05, 4.69) is 0 Å². The first kappa shape index (κ1) is 1320. The van der Waals surface area contributed by atoms with Gasteiger partial charge in [0.05, 0.1) is 0 Å². The maximum absolute atomic E-state index is 0. The van der Waals surface area contributed by atoms with Crippen molar-refractivity contribution in [3.8, 4) is 0 Å². The van der Waals surface area contributed by atoms with Crippen molar-refractivity contribution in [3.63, 3.8) is 0 Å². The van der Waals surface area contributed by atoms with Crippen LogP contribution in [0.15, 0.2) is 0 Å². The third-order valence-electron chi connectivity index (χ3n) is 0. The van der Waals surface area contributed by atoms with Gasteiger partial charge in [-0.25, -0.2) is 0 Å². The van der Waals surface area contributed by atoms with E-state index in [1.807, 2.05) is 0 Å². The fraction of sp³-hybridized carbons (Fsp3) is 0. The monoisotopic (exact) mass is 141 g/mol. The molecular weight excluding hydrogens is 141 g/mol. The van der Waals surface area contributed by atoms with Crippen LogP contribution in [-0.4, -0.2) is 16.8 Å². The maximum Gasteiger partial charge on any atom is 0 e. The van der Waals surface area contributed by atoms with E-state index in [4.69, 9.17) is 0 Å². The molecule has 0 atom stereocenters. The Bertz CT molecular complexity index is 9.65. The Kier molecular flexibility index (Phi) is 154000. The summed E-state index contributed by atoms with van der Waals surface area (Å²) in [6, 6.07) is 0. The van der Waals surface area contributed by atoms with Crippen LogP contribution in [0, 0.1) is 0 Å². The molecule has 0 saturated heterocycles. The van der Waals surface area contributed by atoms with Crippen molar-refractivity contribution in [1.29, 1.82) is 0 Å². The SMILES string of the molecule is [B].[B].[Mn].[O-2].[O-2].[O-2].[O-2]. The Morgan fingerprint density at radius 3 is 0.429 bits per heavy atom. The van der Waals surface area contributed by atoms with Crippen molar-refractivity contribution in [2.24, 2.45) is 0 Å². The van der Waals surface area contributed by atoms with E-state index in [9.17, 15) is 0 Å². The molecular formula is B2MnO4-8. The molecule has 7 radical (unpaired) electrons. The first-order valence-electron chi connectivity index (χ1n) is 0. The van der Waals surface area contributed by atoms with Gasteiger partial charge in [0.25, 0.3) is 0 Å². The van der Waals surface area contributed by atoms with Gasteiger partial charge in [-0.1, -0.05) is 0 Å². The number of hydrogen-bond donors (Lipinski definition) is 0. The zero-order valence-electron chi connectivity index (χ0n) is 3.17. The van der Waals surface area contributed by atoms with Gasteiger partial charge in [0.15, 0.2) is 0 Å². The Hall–Kier alpha value is 0.489. The van der Waals surface area contributed by atoms with Crippen LogP contribution in [0.3, 0.4) is 0 Å². The molecule has 0 aliphatic heterocycles. The van der Waals surface area contributed by atoms with Crippen LogP contribution in [0.5, 0.6) is 0 Å². The fourth-order valence-corrected chi connectivity index (χ4v) is 0. The second-order valence-corrected chi connectivity index (χ2v) is 0. The smallest absolute Gasteiger partial charge is 0 e. The van der Waals surface area contributed by atoms with Crippen LogP contribution in [0.2, 0.25) is 0 Å². The van der Waals surface area contributed by atoms with Gasteiger partial charge in [-0.15, -0.1) is 0 Å². The summed E-state index contributed by atoms with van der Waals surface area (Å²) in [6.07, 6.45) is 0. The summed E-state index contributed by atoms with van der Waals surface area (Å²) < 4.78 is 0. The fourth-order valence-electron chi connectivity index (χ4n) is 0. The molecule has 0 fully saturated rings. The minimum Gasteiger partial charge on any atom is -2.00 e. The van der Waals surface area contributed by atoms with Crippen molar-refractivity contribution in [3.05, 3.63) is 0 Å². The van der Waals surface area contributed by atoms with Gasteiger partial charge < -0.3 is 21.9 Å². The van der Waals surface area contributed by atoms with Crippen LogP contribution >= 0.6 is 0 Å². The summed E-state index contributed by atoms with van der Waals surface area (Å²) in [5.74, 6) is 0. The van der Waals surface area contributed by atoms with Crippen LogP contribution < -0.4 is 0 Å². The molecule has 0 aliphatic carbocycles. The van der Waals surface area contributed by atoms with Gasteiger partial charge in [-0.2, -0.15) is 0 Å². The Balaban J connectivity index is 0. The first-order valence-corrected chi connectivity index (χ1v) is 0.